The van der Waals surface area contributed by atoms with E-state index in [0.717, 1.165) is 32.5 Å². The zero-order chi connectivity index (χ0) is 13.1. The van der Waals surface area contributed by atoms with Crippen molar-refractivity contribution in [3.05, 3.63) is 47.0 Å². The van der Waals surface area contributed by atoms with Crippen LogP contribution in [0.15, 0.2) is 41.4 Å². The molecule has 0 saturated carbocycles. The van der Waals surface area contributed by atoms with Gasteiger partial charge in [0.25, 0.3) is 0 Å². The van der Waals surface area contributed by atoms with Crippen molar-refractivity contribution in [2.24, 2.45) is 0 Å². The molecule has 0 amide bonds. The van der Waals surface area contributed by atoms with Gasteiger partial charge in [-0.05, 0) is 24.5 Å². The monoisotopic (exact) mass is 320 g/mol. The average Bonchev–Trinajstić information content (AvgIpc) is 2.96. The zero-order valence-electron chi connectivity index (χ0n) is 10.7. The second-order valence-electron chi connectivity index (χ2n) is 4.97. The molecule has 0 N–H and O–H groups in total. The highest BCUT2D eigenvalue weighted by Crippen LogP contribution is 2.24. The van der Waals surface area contributed by atoms with Crippen LogP contribution in [0.3, 0.4) is 0 Å². The van der Waals surface area contributed by atoms with Gasteiger partial charge in [0.1, 0.15) is 12.7 Å². The molecule has 0 atom stereocenters. The molecule has 0 aliphatic carbocycles. The van der Waals surface area contributed by atoms with E-state index >= 15 is 0 Å². The standard InChI is InChI=1S/C14H17BrN4/c15-14-4-2-1-3-12(14)9-18-7-5-13(6-8-18)19-11-16-10-17-19/h1-4,10-11,13H,5-9H2. The number of nitrogens with zero attached hydrogens (tertiary/aromatic N) is 4. The first-order valence-electron chi connectivity index (χ1n) is 6.63. The number of aromatic nitrogens is 3. The summed E-state index contributed by atoms with van der Waals surface area (Å²) in [7, 11) is 0. The van der Waals surface area contributed by atoms with Crippen LogP contribution >= 0.6 is 15.9 Å². The van der Waals surface area contributed by atoms with Gasteiger partial charge in [-0.25, -0.2) is 9.67 Å². The van der Waals surface area contributed by atoms with Crippen LogP contribution in [0.2, 0.25) is 0 Å². The summed E-state index contributed by atoms with van der Waals surface area (Å²) in [6.45, 7) is 3.25. The van der Waals surface area contributed by atoms with Crippen molar-refractivity contribution in [1.82, 2.24) is 19.7 Å². The Morgan fingerprint density at radius 3 is 2.68 bits per heavy atom. The van der Waals surface area contributed by atoms with Gasteiger partial charge in [0, 0.05) is 24.1 Å². The second kappa shape index (κ2) is 5.84. The molecular formula is C14H17BrN4. The fourth-order valence-corrected chi connectivity index (χ4v) is 3.03. The van der Waals surface area contributed by atoms with E-state index in [1.54, 1.807) is 6.33 Å². The molecule has 3 rings (SSSR count). The Morgan fingerprint density at radius 1 is 1.21 bits per heavy atom. The summed E-state index contributed by atoms with van der Waals surface area (Å²) >= 11 is 3.62. The lowest BCUT2D eigenvalue weighted by molar-refractivity contribution is 0.173. The third kappa shape index (κ3) is 3.04. The van der Waals surface area contributed by atoms with Gasteiger partial charge < -0.3 is 0 Å². The highest BCUT2D eigenvalue weighted by Gasteiger charge is 2.21. The van der Waals surface area contributed by atoms with Crippen molar-refractivity contribution in [3.8, 4) is 0 Å². The van der Waals surface area contributed by atoms with Crippen LogP contribution in [-0.4, -0.2) is 32.8 Å². The molecular weight excluding hydrogens is 304 g/mol. The van der Waals surface area contributed by atoms with Crippen LogP contribution in [-0.2, 0) is 6.54 Å². The lowest BCUT2D eigenvalue weighted by Crippen LogP contribution is -2.34. The summed E-state index contributed by atoms with van der Waals surface area (Å²) in [5, 5.41) is 4.24. The van der Waals surface area contributed by atoms with Crippen molar-refractivity contribution in [3.63, 3.8) is 0 Å². The van der Waals surface area contributed by atoms with Crippen molar-refractivity contribution in [1.29, 1.82) is 0 Å². The van der Waals surface area contributed by atoms with Gasteiger partial charge in [0.05, 0.1) is 6.04 Å². The highest BCUT2D eigenvalue weighted by atomic mass is 79.9. The summed E-state index contributed by atoms with van der Waals surface area (Å²) in [4.78, 5) is 6.54. The molecule has 5 heteroatoms. The molecule has 2 aromatic rings. The van der Waals surface area contributed by atoms with E-state index in [2.05, 4.69) is 55.2 Å². The minimum Gasteiger partial charge on any atom is -0.299 e. The minimum atomic E-state index is 0.512. The maximum atomic E-state index is 4.24. The number of likely N-dealkylation sites (tertiary alicyclic amines) is 1. The number of rotatable bonds is 3. The Hall–Kier alpha value is -1.20. The first-order chi connectivity index (χ1) is 9.33. The molecule has 2 heterocycles. The lowest BCUT2D eigenvalue weighted by atomic mass is 10.0. The molecule has 0 bridgehead atoms. The Balaban J connectivity index is 1.57. The van der Waals surface area contributed by atoms with Crippen LogP contribution < -0.4 is 0 Å². The molecule has 0 radical (unpaired) electrons. The molecule has 19 heavy (non-hydrogen) atoms. The molecule has 1 aromatic heterocycles. The Bertz CT molecular complexity index is 518. The van der Waals surface area contributed by atoms with Crippen LogP contribution in [0, 0.1) is 0 Å². The SMILES string of the molecule is Brc1ccccc1CN1CCC(n2cncn2)CC1. The summed E-state index contributed by atoms with van der Waals surface area (Å²) in [5.74, 6) is 0. The van der Waals surface area contributed by atoms with Crippen molar-refractivity contribution >= 4 is 15.9 Å². The van der Waals surface area contributed by atoms with Gasteiger partial charge in [-0.15, -0.1) is 0 Å². The molecule has 0 unspecified atom stereocenters. The van der Waals surface area contributed by atoms with E-state index in [1.807, 2.05) is 11.0 Å². The molecule has 0 spiro atoms. The molecule has 1 saturated heterocycles. The van der Waals surface area contributed by atoms with Crippen LogP contribution in [0.4, 0.5) is 0 Å². The quantitative estimate of drug-likeness (QED) is 0.872. The molecule has 1 aliphatic rings. The first kappa shape index (κ1) is 12.8. The number of hydrogen-bond donors (Lipinski definition) is 0. The average molecular weight is 321 g/mol. The van der Waals surface area contributed by atoms with E-state index < -0.39 is 0 Å². The molecule has 100 valence electrons. The summed E-state index contributed by atoms with van der Waals surface area (Å²) < 4.78 is 3.20. The molecule has 1 aromatic carbocycles. The minimum absolute atomic E-state index is 0.512. The molecule has 4 nitrogen and oxygen atoms in total. The third-order valence-corrected chi connectivity index (χ3v) is 4.49. The van der Waals surface area contributed by atoms with Gasteiger partial charge in [-0.2, -0.15) is 5.10 Å². The lowest BCUT2D eigenvalue weighted by Gasteiger charge is -2.32. The molecule has 1 aliphatic heterocycles. The van der Waals surface area contributed by atoms with Gasteiger partial charge >= 0.3 is 0 Å². The van der Waals surface area contributed by atoms with Crippen molar-refractivity contribution < 1.29 is 0 Å². The van der Waals surface area contributed by atoms with Crippen molar-refractivity contribution in [2.75, 3.05) is 13.1 Å². The van der Waals surface area contributed by atoms with Gasteiger partial charge in [-0.3, -0.25) is 4.90 Å². The maximum absolute atomic E-state index is 4.24. The number of halogens is 1. The first-order valence-corrected chi connectivity index (χ1v) is 7.42. The van der Waals surface area contributed by atoms with E-state index in [1.165, 1.54) is 10.0 Å². The van der Waals surface area contributed by atoms with Crippen LogP contribution in [0.1, 0.15) is 24.4 Å². The fourth-order valence-electron chi connectivity index (χ4n) is 2.62. The van der Waals surface area contributed by atoms with E-state index in [0.29, 0.717) is 6.04 Å². The van der Waals surface area contributed by atoms with Crippen LogP contribution in [0.5, 0.6) is 0 Å². The second-order valence-corrected chi connectivity index (χ2v) is 5.83. The maximum Gasteiger partial charge on any atom is 0.137 e. The Labute approximate surface area is 121 Å². The van der Waals surface area contributed by atoms with Crippen LogP contribution in [0.25, 0.3) is 0 Å². The normalized spacial score (nSPS) is 17.7. The van der Waals surface area contributed by atoms with Gasteiger partial charge in [-0.1, -0.05) is 34.1 Å². The largest absolute Gasteiger partial charge is 0.299 e. The third-order valence-electron chi connectivity index (χ3n) is 3.72. The van der Waals surface area contributed by atoms with Gasteiger partial charge in [0.2, 0.25) is 0 Å². The number of benzene rings is 1. The smallest absolute Gasteiger partial charge is 0.137 e. The highest BCUT2D eigenvalue weighted by molar-refractivity contribution is 9.10. The number of piperidine rings is 1. The summed E-state index contributed by atoms with van der Waals surface area (Å²) in [6, 6.07) is 8.97. The van der Waals surface area contributed by atoms with E-state index in [9.17, 15) is 0 Å². The topological polar surface area (TPSA) is 34.0 Å². The predicted molar refractivity (Wildman–Crippen MR) is 77.7 cm³/mol. The summed E-state index contributed by atoms with van der Waals surface area (Å²) in [5.41, 5.74) is 1.36. The fraction of sp³-hybridized carbons (Fsp3) is 0.429. The zero-order valence-corrected chi connectivity index (χ0v) is 12.3. The summed E-state index contributed by atoms with van der Waals surface area (Å²) in [6.07, 6.45) is 5.74. The van der Waals surface area contributed by atoms with Gasteiger partial charge in [0.15, 0.2) is 0 Å². The Kier molecular flexibility index (Phi) is 3.94. The van der Waals surface area contributed by atoms with E-state index in [-0.39, 0.29) is 0 Å². The van der Waals surface area contributed by atoms with Crippen molar-refractivity contribution in [2.45, 2.75) is 25.4 Å². The Morgan fingerprint density at radius 2 is 2.00 bits per heavy atom. The molecule has 1 fully saturated rings. The number of hydrogen-bond acceptors (Lipinski definition) is 3. The predicted octanol–water partition coefficient (Wildman–Crippen LogP) is 2.88. The van der Waals surface area contributed by atoms with E-state index in [4.69, 9.17) is 0 Å².